The van der Waals surface area contributed by atoms with Crippen LogP contribution in [0.5, 0.6) is 0 Å². The van der Waals surface area contributed by atoms with E-state index >= 15 is 0 Å². The molecule has 1 saturated heterocycles. The molecule has 2 aliphatic rings. The van der Waals surface area contributed by atoms with Crippen LogP contribution in [-0.4, -0.2) is 54.3 Å². The highest BCUT2D eigenvalue weighted by atomic mass is 35.5. The van der Waals surface area contributed by atoms with Gasteiger partial charge in [0.1, 0.15) is 17.5 Å². The molecular weight excluding hydrogens is 490 g/mol. The number of aromatic nitrogens is 1. The van der Waals surface area contributed by atoms with Crippen molar-refractivity contribution in [1.82, 2.24) is 9.88 Å². The van der Waals surface area contributed by atoms with Gasteiger partial charge in [-0.3, -0.25) is 4.79 Å². The van der Waals surface area contributed by atoms with Crippen molar-refractivity contribution in [3.8, 4) is 0 Å². The average Bonchev–Trinajstić information content (AvgIpc) is 3.16. The van der Waals surface area contributed by atoms with Crippen molar-refractivity contribution in [3.05, 3.63) is 52.8 Å². The molecule has 37 heavy (non-hydrogen) atoms. The second kappa shape index (κ2) is 13.5. The van der Waals surface area contributed by atoms with Crippen LogP contribution in [0, 0.1) is 0 Å². The summed E-state index contributed by atoms with van der Waals surface area (Å²) in [6.45, 7) is 18.0. The van der Waals surface area contributed by atoms with Gasteiger partial charge in [-0.15, -0.1) is 0 Å². The molecule has 4 rings (SSSR count). The molecule has 0 radical (unpaired) electrons. The molecule has 0 spiro atoms. The predicted octanol–water partition coefficient (Wildman–Crippen LogP) is 5.41. The number of likely N-dealkylation sites (N-methyl/N-ethyl adjacent to an activating group) is 1. The van der Waals surface area contributed by atoms with Crippen molar-refractivity contribution in [2.24, 2.45) is 5.73 Å². The normalized spacial score (nSPS) is 16.6. The van der Waals surface area contributed by atoms with E-state index < -0.39 is 5.54 Å². The number of carbonyl (C=O) groups is 3. The van der Waals surface area contributed by atoms with E-state index in [0.29, 0.717) is 10.8 Å². The lowest BCUT2D eigenvalue weighted by molar-refractivity contribution is -0.123. The number of pyridine rings is 1. The van der Waals surface area contributed by atoms with Gasteiger partial charge in [0, 0.05) is 37.4 Å². The number of carbonyl (C=O) groups excluding carboxylic acids is 3. The van der Waals surface area contributed by atoms with Gasteiger partial charge in [-0.1, -0.05) is 58.7 Å². The number of rotatable bonds is 3. The van der Waals surface area contributed by atoms with Gasteiger partial charge < -0.3 is 20.3 Å². The molecule has 204 valence electrons. The van der Waals surface area contributed by atoms with E-state index in [9.17, 15) is 9.59 Å². The van der Waals surface area contributed by atoms with Crippen molar-refractivity contribution in [1.29, 1.82) is 0 Å². The molecule has 2 N–H and O–H groups in total. The molecule has 1 aromatic carbocycles. The fourth-order valence-electron chi connectivity index (χ4n) is 4.36. The van der Waals surface area contributed by atoms with Gasteiger partial charge in [-0.2, -0.15) is 0 Å². The van der Waals surface area contributed by atoms with Crippen molar-refractivity contribution < 1.29 is 14.4 Å². The minimum absolute atomic E-state index is 0.0353. The summed E-state index contributed by atoms with van der Waals surface area (Å²) < 4.78 is 0. The lowest BCUT2D eigenvalue weighted by Gasteiger charge is -2.27. The first-order chi connectivity index (χ1) is 17.3. The first-order valence-corrected chi connectivity index (χ1v) is 12.8. The van der Waals surface area contributed by atoms with Crippen LogP contribution < -0.4 is 15.5 Å². The van der Waals surface area contributed by atoms with Crippen LogP contribution in [0.1, 0.15) is 66.0 Å². The summed E-state index contributed by atoms with van der Waals surface area (Å²) in [7, 11) is 2.04. The van der Waals surface area contributed by atoms with Gasteiger partial charge in [0.25, 0.3) is 5.91 Å². The van der Waals surface area contributed by atoms with Gasteiger partial charge in [-0.05, 0) is 55.8 Å². The molecule has 1 aromatic heterocycles. The molecule has 3 amide bonds. The number of fused-ring (bicyclic) bond motifs is 1. The maximum Gasteiger partial charge on any atom is 0.332 e. The van der Waals surface area contributed by atoms with Gasteiger partial charge in [0.05, 0.1) is 5.69 Å². The van der Waals surface area contributed by atoms with Crippen LogP contribution >= 0.6 is 11.6 Å². The van der Waals surface area contributed by atoms with E-state index in [2.05, 4.69) is 37.6 Å². The quantitative estimate of drug-likeness (QED) is 0.420. The smallest absolute Gasteiger partial charge is 0.332 e. The Morgan fingerprint density at radius 3 is 2.16 bits per heavy atom. The highest BCUT2D eigenvalue weighted by molar-refractivity contribution is 6.29. The van der Waals surface area contributed by atoms with Crippen molar-refractivity contribution in [2.45, 2.75) is 72.4 Å². The van der Waals surface area contributed by atoms with Crippen molar-refractivity contribution >= 4 is 41.7 Å². The molecule has 0 unspecified atom stereocenters. The van der Waals surface area contributed by atoms with Crippen molar-refractivity contribution in [2.75, 3.05) is 29.9 Å². The fraction of sp³-hybridized carbons (Fsp3) is 0.500. The molecule has 0 bridgehead atoms. The molecule has 0 saturated carbocycles. The number of hydrogen-bond acceptors (Lipinski definition) is 6. The Hall–Kier alpha value is -2.97. The lowest BCUT2D eigenvalue weighted by Crippen LogP contribution is -2.43. The molecule has 0 aliphatic carbocycles. The van der Waals surface area contributed by atoms with E-state index in [0.717, 1.165) is 24.3 Å². The van der Waals surface area contributed by atoms with Gasteiger partial charge in [-0.25, -0.2) is 14.7 Å². The minimum atomic E-state index is -0.961. The minimum Gasteiger partial charge on any atom is -0.373 e. The molecule has 1 fully saturated rings. The Morgan fingerprint density at radius 2 is 1.62 bits per heavy atom. The summed E-state index contributed by atoms with van der Waals surface area (Å²) in [6, 6.07) is 9.04. The molecule has 2 aliphatic heterocycles. The summed E-state index contributed by atoms with van der Waals surface area (Å²) in [5.74, 6) is -0.234. The van der Waals surface area contributed by atoms with Crippen LogP contribution in [0.25, 0.3) is 0 Å². The summed E-state index contributed by atoms with van der Waals surface area (Å²) in [6.07, 6.45) is 2.85. The van der Waals surface area contributed by atoms with Gasteiger partial charge in [0.2, 0.25) is 0 Å². The van der Waals surface area contributed by atoms with E-state index in [1.54, 1.807) is 37.1 Å². The molecule has 9 heteroatoms. The molecule has 0 atom stereocenters. The Labute approximate surface area is 226 Å². The van der Waals surface area contributed by atoms with E-state index in [-0.39, 0.29) is 23.9 Å². The maximum atomic E-state index is 13.3. The first-order valence-electron chi connectivity index (χ1n) is 12.5. The predicted molar refractivity (Wildman–Crippen MR) is 152 cm³/mol. The largest absolute Gasteiger partial charge is 0.373 e. The molecule has 3 heterocycles. The summed E-state index contributed by atoms with van der Waals surface area (Å²) in [4.78, 5) is 43.6. The van der Waals surface area contributed by atoms with Crippen LogP contribution in [0.2, 0.25) is 5.15 Å². The maximum absolute atomic E-state index is 13.3. The zero-order valence-electron chi connectivity index (χ0n) is 23.5. The second-order valence-corrected chi connectivity index (χ2v) is 10.5. The number of halogens is 1. The Morgan fingerprint density at radius 1 is 1.05 bits per heavy atom. The highest BCUT2D eigenvalue weighted by Gasteiger charge is 2.52. The van der Waals surface area contributed by atoms with Gasteiger partial charge in [0.15, 0.2) is 0 Å². The van der Waals surface area contributed by atoms with Crippen LogP contribution in [0.3, 0.4) is 0 Å². The summed E-state index contributed by atoms with van der Waals surface area (Å²) in [5.41, 5.74) is 7.64. The highest BCUT2D eigenvalue weighted by Crippen LogP contribution is 2.43. The monoisotopic (exact) mass is 531 g/mol. The van der Waals surface area contributed by atoms with Crippen LogP contribution in [-0.2, 0) is 21.5 Å². The Kier molecular flexibility index (Phi) is 11.7. The third-order valence-electron chi connectivity index (χ3n) is 5.97. The number of urea groups is 1. The average molecular weight is 532 g/mol. The summed E-state index contributed by atoms with van der Waals surface area (Å²) >= 11 is 5.99. The number of nitrogens with two attached hydrogens (primary N) is 1. The number of hydrogen-bond donors (Lipinski definition) is 1. The van der Waals surface area contributed by atoms with Crippen LogP contribution in [0.4, 0.5) is 16.2 Å². The number of nitrogens with zero attached hydrogens (tertiary/aromatic N) is 4. The van der Waals surface area contributed by atoms with E-state index in [4.69, 9.17) is 22.1 Å². The number of anilines is 2. The second-order valence-electron chi connectivity index (χ2n) is 10.1. The van der Waals surface area contributed by atoms with Gasteiger partial charge >= 0.3 is 6.03 Å². The zero-order chi connectivity index (χ0) is 28.6. The third-order valence-corrected chi connectivity index (χ3v) is 6.17. The SMILES string of the molecule is C=O.CCC.CCN.CN1CC(C)(C)c2ccc(N3C(=O)N(Cc4ccnc(Cl)c4)C(C)(C)C3=O)cc21. The van der Waals surface area contributed by atoms with E-state index in [1.807, 2.05) is 39.0 Å². The van der Waals surface area contributed by atoms with E-state index in [1.165, 1.54) is 16.9 Å². The number of imide groups is 1. The third kappa shape index (κ3) is 7.08. The first kappa shape index (κ1) is 32.1. The van der Waals surface area contributed by atoms with Crippen LogP contribution in [0.15, 0.2) is 36.5 Å². The Bertz CT molecular complexity index is 1070. The molecule has 2 aromatic rings. The number of benzene rings is 1. The lowest BCUT2D eigenvalue weighted by atomic mass is 9.87. The standard InChI is InChI=1S/C22H25ClN4O2.C3H8.C2H7N.CH2O/c1-21(2)13-25(5)17-11-15(6-7-16(17)21)27-19(28)22(3,4)26(20(27)29)12-14-8-9-24-18(23)10-14;1-3-2;1-2-3;1-2/h6-11H,12-13H2,1-5H3;3H2,1-2H3;2-3H2,1H3;1H2. The Balaban J connectivity index is 0.000000767. The fourth-order valence-corrected chi connectivity index (χ4v) is 4.56. The molecule has 8 nitrogen and oxygen atoms in total. The van der Waals surface area contributed by atoms with Crippen molar-refractivity contribution in [3.63, 3.8) is 0 Å². The number of amides is 3. The molecular formula is C28H42ClN5O3. The summed E-state index contributed by atoms with van der Waals surface area (Å²) in [5, 5.41) is 0.361. The zero-order valence-corrected chi connectivity index (χ0v) is 24.2. The topological polar surface area (TPSA) is 99.8 Å².